The zero-order valence-electron chi connectivity index (χ0n) is 7.45. The predicted octanol–water partition coefficient (Wildman–Crippen LogP) is 2.50. The largest absolute Gasteiger partial charge is 0.444 e. The third-order valence-corrected chi connectivity index (χ3v) is 1.39. The second-order valence-electron chi connectivity index (χ2n) is 2.41. The third-order valence-electron chi connectivity index (χ3n) is 1.39. The number of rotatable bonds is 2. The lowest BCUT2D eigenvalue weighted by Gasteiger charge is -2.02. The lowest BCUT2D eigenvalue weighted by atomic mass is 10.3. The van der Waals surface area contributed by atoms with Crippen molar-refractivity contribution in [2.45, 2.75) is 13.8 Å². The van der Waals surface area contributed by atoms with E-state index in [0.29, 0.717) is 5.90 Å². The number of para-hydroxylation sites is 1. The number of hydrogen-bond donors (Lipinski definition) is 0. The van der Waals surface area contributed by atoms with E-state index in [9.17, 15) is 0 Å². The molecule has 0 fully saturated rings. The van der Waals surface area contributed by atoms with Crippen molar-refractivity contribution in [1.82, 2.24) is 0 Å². The van der Waals surface area contributed by atoms with Gasteiger partial charge in [0.05, 0.1) is 0 Å². The molecule has 2 nitrogen and oxygen atoms in total. The molecule has 1 rings (SSSR count). The van der Waals surface area contributed by atoms with Crippen LogP contribution in [0, 0.1) is 0 Å². The average molecular weight is 163 g/mol. The summed E-state index contributed by atoms with van der Waals surface area (Å²) in [5.74, 6) is 1.55. The summed E-state index contributed by atoms with van der Waals surface area (Å²) in [5.41, 5.74) is 0. The summed E-state index contributed by atoms with van der Waals surface area (Å²) in [5, 5.41) is 0. The fraction of sp³-hybridized carbons (Fsp3) is 0.300. The first kappa shape index (κ1) is 8.78. The van der Waals surface area contributed by atoms with Crippen LogP contribution in [0.3, 0.4) is 0 Å². The van der Waals surface area contributed by atoms with Crippen molar-refractivity contribution in [3.05, 3.63) is 30.3 Å². The van der Waals surface area contributed by atoms with E-state index in [1.165, 1.54) is 0 Å². The molecule has 0 aromatic heterocycles. The van der Waals surface area contributed by atoms with Crippen LogP contribution in [0.2, 0.25) is 0 Å². The molecule has 2 heteroatoms. The second-order valence-corrected chi connectivity index (χ2v) is 2.41. The molecule has 0 saturated carbocycles. The molecule has 0 spiro atoms. The first-order valence-electron chi connectivity index (χ1n) is 4.07. The van der Waals surface area contributed by atoms with Gasteiger partial charge in [-0.05, 0) is 19.1 Å². The second kappa shape index (κ2) is 4.54. The summed E-state index contributed by atoms with van der Waals surface area (Å²) < 4.78 is 5.40. The predicted molar refractivity (Wildman–Crippen MR) is 50.7 cm³/mol. The average Bonchev–Trinajstić information content (AvgIpc) is 2.06. The zero-order chi connectivity index (χ0) is 8.81. The van der Waals surface area contributed by atoms with E-state index in [1.807, 2.05) is 44.2 Å². The first-order valence-corrected chi connectivity index (χ1v) is 4.07. The van der Waals surface area contributed by atoms with Gasteiger partial charge in [0, 0.05) is 13.5 Å². The van der Waals surface area contributed by atoms with Crippen molar-refractivity contribution < 1.29 is 4.74 Å². The molecule has 0 aliphatic rings. The standard InChI is InChI=1S/C10H13NO/c1-3-11-9(2)12-10-7-5-4-6-8-10/h4-8H,3H2,1-2H3. The van der Waals surface area contributed by atoms with Crippen molar-refractivity contribution in [2.75, 3.05) is 6.54 Å². The monoisotopic (exact) mass is 163 g/mol. The highest BCUT2D eigenvalue weighted by atomic mass is 16.5. The van der Waals surface area contributed by atoms with Gasteiger partial charge in [-0.15, -0.1) is 0 Å². The highest BCUT2D eigenvalue weighted by Gasteiger charge is 1.92. The van der Waals surface area contributed by atoms with E-state index in [0.717, 1.165) is 12.3 Å². The van der Waals surface area contributed by atoms with Crippen LogP contribution < -0.4 is 4.74 Å². The molecule has 64 valence electrons. The number of benzene rings is 1. The van der Waals surface area contributed by atoms with Gasteiger partial charge in [-0.2, -0.15) is 0 Å². The van der Waals surface area contributed by atoms with Gasteiger partial charge in [0.25, 0.3) is 0 Å². The minimum Gasteiger partial charge on any atom is -0.444 e. The molecule has 0 heterocycles. The van der Waals surface area contributed by atoms with Crippen LogP contribution >= 0.6 is 0 Å². The summed E-state index contributed by atoms with van der Waals surface area (Å²) in [7, 11) is 0. The molecule has 0 aliphatic carbocycles. The molecule has 0 N–H and O–H groups in total. The Labute approximate surface area is 72.9 Å². The van der Waals surface area contributed by atoms with Crippen molar-refractivity contribution >= 4 is 5.90 Å². The Morgan fingerprint density at radius 1 is 1.33 bits per heavy atom. The molecule has 0 unspecified atom stereocenters. The summed E-state index contributed by atoms with van der Waals surface area (Å²) in [4.78, 5) is 4.11. The normalized spacial score (nSPS) is 11.3. The van der Waals surface area contributed by atoms with Gasteiger partial charge in [0.2, 0.25) is 0 Å². The summed E-state index contributed by atoms with van der Waals surface area (Å²) in [6, 6.07) is 9.66. The third kappa shape index (κ3) is 2.74. The maximum atomic E-state index is 5.40. The Morgan fingerprint density at radius 2 is 2.00 bits per heavy atom. The Kier molecular flexibility index (Phi) is 3.33. The van der Waals surface area contributed by atoms with E-state index in [4.69, 9.17) is 4.74 Å². The molecule has 12 heavy (non-hydrogen) atoms. The molecule has 1 aromatic rings. The Bertz CT molecular complexity index is 254. The molecule has 0 atom stereocenters. The quantitative estimate of drug-likeness (QED) is 0.485. The highest BCUT2D eigenvalue weighted by Crippen LogP contribution is 2.08. The Morgan fingerprint density at radius 3 is 2.58 bits per heavy atom. The summed E-state index contributed by atoms with van der Waals surface area (Å²) in [6.45, 7) is 4.60. The van der Waals surface area contributed by atoms with Gasteiger partial charge < -0.3 is 4.74 Å². The maximum absolute atomic E-state index is 5.40. The van der Waals surface area contributed by atoms with Gasteiger partial charge >= 0.3 is 0 Å². The van der Waals surface area contributed by atoms with E-state index in [1.54, 1.807) is 0 Å². The molecular weight excluding hydrogens is 150 g/mol. The van der Waals surface area contributed by atoms with Crippen molar-refractivity contribution in [3.63, 3.8) is 0 Å². The number of aliphatic imine (C=N–C) groups is 1. The first-order chi connectivity index (χ1) is 5.83. The van der Waals surface area contributed by atoms with Crippen molar-refractivity contribution in [2.24, 2.45) is 4.99 Å². The molecule has 0 amide bonds. The minimum absolute atomic E-state index is 0.712. The van der Waals surface area contributed by atoms with Crippen LogP contribution in [0.4, 0.5) is 0 Å². The van der Waals surface area contributed by atoms with E-state index >= 15 is 0 Å². The van der Waals surface area contributed by atoms with Gasteiger partial charge in [-0.25, -0.2) is 0 Å². The smallest absolute Gasteiger partial charge is 0.187 e. The molecule has 0 aliphatic heterocycles. The van der Waals surface area contributed by atoms with Crippen LogP contribution in [-0.2, 0) is 0 Å². The van der Waals surface area contributed by atoms with Gasteiger partial charge in [-0.3, -0.25) is 4.99 Å². The van der Waals surface area contributed by atoms with Crippen LogP contribution in [0.5, 0.6) is 5.75 Å². The van der Waals surface area contributed by atoms with Gasteiger partial charge in [0.15, 0.2) is 5.90 Å². The fourth-order valence-electron chi connectivity index (χ4n) is 0.914. The number of hydrogen-bond acceptors (Lipinski definition) is 2. The zero-order valence-corrected chi connectivity index (χ0v) is 7.45. The Balaban J connectivity index is 2.58. The van der Waals surface area contributed by atoms with Gasteiger partial charge in [-0.1, -0.05) is 18.2 Å². The Hall–Kier alpha value is -1.31. The van der Waals surface area contributed by atoms with Crippen molar-refractivity contribution in [1.29, 1.82) is 0 Å². The molecule has 0 saturated heterocycles. The van der Waals surface area contributed by atoms with Crippen LogP contribution in [0.1, 0.15) is 13.8 Å². The van der Waals surface area contributed by atoms with E-state index in [-0.39, 0.29) is 0 Å². The topological polar surface area (TPSA) is 21.6 Å². The van der Waals surface area contributed by atoms with E-state index in [2.05, 4.69) is 4.99 Å². The summed E-state index contributed by atoms with van der Waals surface area (Å²) in [6.07, 6.45) is 0. The van der Waals surface area contributed by atoms with Crippen LogP contribution in [0.15, 0.2) is 35.3 Å². The highest BCUT2D eigenvalue weighted by molar-refractivity contribution is 5.75. The maximum Gasteiger partial charge on any atom is 0.187 e. The lowest BCUT2D eigenvalue weighted by molar-refractivity contribution is 0.543. The molecule has 0 radical (unpaired) electrons. The SMILES string of the molecule is CCN=C(C)Oc1ccccc1. The van der Waals surface area contributed by atoms with Crippen LogP contribution in [-0.4, -0.2) is 12.4 Å². The number of ether oxygens (including phenoxy) is 1. The van der Waals surface area contributed by atoms with E-state index < -0.39 is 0 Å². The fourth-order valence-corrected chi connectivity index (χ4v) is 0.914. The minimum atomic E-state index is 0.712. The van der Waals surface area contributed by atoms with Gasteiger partial charge in [0.1, 0.15) is 5.75 Å². The molecule has 0 bridgehead atoms. The number of nitrogens with zero attached hydrogens (tertiary/aromatic N) is 1. The molecule has 1 aromatic carbocycles. The van der Waals surface area contributed by atoms with Crippen LogP contribution in [0.25, 0.3) is 0 Å². The van der Waals surface area contributed by atoms with Crippen molar-refractivity contribution in [3.8, 4) is 5.75 Å². The summed E-state index contributed by atoms with van der Waals surface area (Å²) >= 11 is 0. The molecular formula is C10H13NO. The lowest BCUT2D eigenvalue weighted by Crippen LogP contribution is -2.02.